The van der Waals surface area contributed by atoms with E-state index in [2.05, 4.69) is 11.4 Å². The van der Waals surface area contributed by atoms with Gasteiger partial charge in [0.15, 0.2) is 6.61 Å². The first-order valence-electron chi connectivity index (χ1n) is 10.0. The Kier molecular flexibility index (Phi) is 7.82. The highest BCUT2D eigenvalue weighted by molar-refractivity contribution is 5.88. The van der Waals surface area contributed by atoms with E-state index in [1.807, 2.05) is 71.0 Å². The molecule has 2 amide bonds. The summed E-state index contributed by atoms with van der Waals surface area (Å²) in [4.78, 5) is 27.2. The molecule has 2 rings (SSSR count). The van der Waals surface area contributed by atoms with Gasteiger partial charge in [-0.05, 0) is 69.9 Å². The summed E-state index contributed by atoms with van der Waals surface area (Å²) in [6, 6.07) is 13.1. The van der Waals surface area contributed by atoms with Gasteiger partial charge in [0.1, 0.15) is 11.8 Å². The number of hydrogen-bond acceptors (Lipinski definition) is 3. The summed E-state index contributed by atoms with van der Waals surface area (Å²) in [5.74, 6) is 0.306. The zero-order valence-electron chi connectivity index (χ0n) is 18.3. The normalized spacial score (nSPS) is 11.8. The molecule has 0 radical (unpaired) electrons. The number of amides is 2. The van der Waals surface area contributed by atoms with Gasteiger partial charge in [0.2, 0.25) is 5.91 Å². The van der Waals surface area contributed by atoms with E-state index < -0.39 is 6.04 Å². The lowest BCUT2D eigenvalue weighted by Crippen LogP contribution is -2.50. The van der Waals surface area contributed by atoms with Crippen molar-refractivity contribution in [1.82, 2.24) is 10.2 Å². The van der Waals surface area contributed by atoms with Gasteiger partial charge in [-0.15, -0.1) is 0 Å². The van der Waals surface area contributed by atoms with Crippen LogP contribution >= 0.6 is 0 Å². The molecule has 2 aromatic carbocycles. The summed E-state index contributed by atoms with van der Waals surface area (Å²) in [6.07, 6.45) is 0. The van der Waals surface area contributed by atoms with Gasteiger partial charge in [-0.25, -0.2) is 0 Å². The maximum Gasteiger partial charge on any atom is 0.261 e. The molecule has 1 atom stereocenters. The second kappa shape index (κ2) is 10.1. The molecular formula is C24H32N2O3. The lowest BCUT2D eigenvalue weighted by atomic mass is 10.1. The van der Waals surface area contributed by atoms with Crippen LogP contribution < -0.4 is 10.1 Å². The molecule has 2 aromatic rings. The first-order chi connectivity index (χ1) is 13.7. The van der Waals surface area contributed by atoms with E-state index in [1.165, 1.54) is 0 Å². The van der Waals surface area contributed by atoms with Gasteiger partial charge in [0, 0.05) is 12.6 Å². The summed E-state index contributed by atoms with van der Waals surface area (Å²) in [5.41, 5.74) is 4.19. The van der Waals surface area contributed by atoms with Crippen LogP contribution in [0.15, 0.2) is 42.5 Å². The fraction of sp³-hybridized carbons (Fsp3) is 0.417. The van der Waals surface area contributed by atoms with Crippen molar-refractivity contribution in [3.05, 3.63) is 64.7 Å². The molecule has 0 aliphatic heterocycles. The standard InChI is InChI=1S/C24H32N2O3/c1-16(2)25-24(28)20(6)26(14-21-10-8-7-9-11-21)23(27)15-29-22-13-17(3)12-18(4)19(22)5/h7-13,16,20H,14-15H2,1-6H3,(H,25,28)/t20-/m1/s1. The SMILES string of the molecule is Cc1cc(C)c(C)c(OCC(=O)N(Cc2ccccc2)[C@H](C)C(=O)NC(C)C)c1. The van der Waals surface area contributed by atoms with Crippen LogP contribution in [0.5, 0.6) is 5.75 Å². The number of nitrogens with one attached hydrogen (secondary N) is 1. The molecule has 0 aliphatic rings. The Morgan fingerprint density at radius 3 is 2.31 bits per heavy atom. The van der Waals surface area contributed by atoms with E-state index in [9.17, 15) is 9.59 Å². The number of hydrogen-bond donors (Lipinski definition) is 1. The van der Waals surface area contributed by atoms with Crippen LogP contribution in [0.4, 0.5) is 0 Å². The van der Waals surface area contributed by atoms with Crippen molar-refractivity contribution in [2.45, 2.75) is 60.2 Å². The summed E-state index contributed by atoms with van der Waals surface area (Å²) in [6.45, 7) is 11.8. The van der Waals surface area contributed by atoms with Gasteiger partial charge in [0.25, 0.3) is 5.91 Å². The van der Waals surface area contributed by atoms with Crippen LogP contribution in [-0.4, -0.2) is 35.4 Å². The number of rotatable bonds is 8. The topological polar surface area (TPSA) is 58.6 Å². The number of benzene rings is 2. The van der Waals surface area contributed by atoms with Crippen molar-refractivity contribution in [3.63, 3.8) is 0 Å². The van der Waals surface area contributed by atoms with E-state index in [4.69, 9.17) is 4.74 Å². The van der Waals surface area contributed by atoms with Crippen LogP contribution in [0.1, 0.15) is 43.0 Å². The monoisotopic (exact) mass is 396 g/mol. The molecule has 0 spiro atoms. The van der Waals surface area contributed by atoms with Crippen LogP contribution in [0, 0.1) is 20.8 Å². The van der Waals surface area contributed by atoms with E-state index in [0.717, 1.165) is 22.3 Å². The lowest BCUT2D eigenvalue weighted by molar-refractivity contribution is -0.142. The van der Waals surface area contributed by atoms with Crippen LogP contribution in [0.2, 0.25) is 0 Å². The van der Waals surface area contributed by atoms with Crippen LogP contribution in [0.3, 0.4) is 0 Å². The Hall–Kier alpha value is -2.82. The van der Waals surface area contributed by atoms with E-state index >= 15 is 0 Å². The fourth-order valence-corrected chi connectivity index (χ4v) is 3.14. The number of nitrogens with zero attached hydrogens (tertiary/aromatic N) is 1. The zero-order valence-corrected chi connectivity index (χ0v) is 18.3. The smallest absolute Gasteiger partial charge is 0.261 e. The molecule has 0 bridgehead atoms. The molecule has 0 heterocycles. The van der Waals surface area contributed by atoms with Gasteiger partial charge < -0.3 is 15.0 Å². The van der Waals surface area contributed by atoms with Gasteiger partial charge in [-0.1, -0.05) is 36.4 Å². The van der Waals surface area contributed by atoms with Crippen molar-refractivity contribution in [3.8, 4) is 5.75 Å². The van der Waals surface area contributed by atoms with Crippen molar-refractivity contribution < 1.29 is 14.3 Å². The Morgan fingerprint density at radius 1 is 1.03 bits per heavy atom. The molecule has 0 saturated carbocycles. The first-order valence-corrected chi connectivity index (χ1v) is 10.0. The number of carbonyl (C=O) groups excluding carboxylic acids is 2. The highest BCUT2D eigenvalue weighted by atomic mass is 16.5. The Balaban J connectivity index is 2.18. The molecule has 0 fully saturated rings. The summed E-state index contributed by atoms with van der Waals surface area (Å²) in [7, 11) is 0. The molecule has 0 aromatic heterocycles. The minimum Gasteiger partial charge on any atom is -0.483 e. The maximum absolute atomic E-state index is 13.1. The Morgan fingerprint density at radius 2 is 1.69 bits per heavy atom. The first kappa shape index (κ1) is 22.5. The fourth-order valence-electron chi connectivity index (χ4n) is 3.14. The highest BCUT2D eigenvalue weighted by Crippen LogP contribution is 2.23. The molecule has 1 N–H and O–H groups in total. The third-order valence-electron chi connectivity index (χ3n) is 4.91. The van der Waals surface area contributed by atoms with Crippen molar-refractivity contribution >= 4 is 11.8 Å². The van der Waals surface area contributed by atoms with Gasteiger partial charge in [-0.3, -0.25) is 9.59 Å². The molecule has 0 saturated heterocycles. The summed E-state index contributed by atoms with van der Waals surface area (Å²) < 4.78 is 5.87. The molecule has 29 heavy (non-hydrogen) atoms. The second-order valence-electron chi connectivity index (χ2n) is 7.84. The minimum atomic E-state index is -0.603. The Labute approximate surface area is 174 Å². The molecule has 0 aliphatic carbocycles. The number of ether oxygens (including phenoxy) is 1. The average Bonchev–Trinajstić information content (AvgIpc) is 2.67. The minimum absolute atomic E-state index is 0.00722. The number of aryl methyl sites for hydroxylation is 2. The molecule has 0 unspecified atom stereocenters. The predicted molar refractivity (Wildman–Crippen MR) is 116 cm³/mol. The molecule has 5 heteroatoms. The van der Waals surface area contributed by atoms with E-state index in [-0.39, 0.29) is 24.5 Å². The Bertz CT molecular complexity index is 847. The van der Waals surface area contributed by atoms with Gasteiger partial charge in [0.05, 0.1) is 0 Å². The van der Waals surface area contributed by atoms with Crippen LogP contribution in [0.25, 0.3) is 0 Å². The van der Waals surface area contributed by atoms with Crippen molar-refractivity contribution in [2.24, 2.45) is 0 Å². The molecule has 156 valence electrons. The third-order valence-corrected chi connectivity index (χ3v) is 4.91. The average molecular weight is 397 g/mol. The summed E-state index contributed by atoms with van der Waals surface area (Å²) >= 11 is 0. The zero-order chi connectivity index (χ0) is 21.6. The molecule has 5 nitrogen and oxygen atoms in total. The van der Waals surface area contributed by atoms with E-state index in [1.54, 1.807) is 11.8 Å². The number of carbonyl (C=O) groups is 2. The summed E-state index contributed by atoms with van der Waals surface area (Å²) in [5, 5.41) is 2.89. The largest absolute Gasteiger partial charge is 0.483 e. The third kappa shape index (κ3) is 6.34. The maximum atomic E-state index is 13.1. The highest BCUT2D eigenvalue weighted by Gasteiger charge is 2.27. The second-order valence-corrected chi connectivity index (χ2v) is 7.84. The van der Waals surface area contributed by atoms with Crippen molar-refractivity contribution in [1.29, 1.82) is 0 Å². The van der Waals surface area contributed by atoms with Crippen LogP contribution in [-0.2, 0) is 16.1 Å². The predicted octanol–water partition coefficient (Wildman–Crippen LogP) is 3.93. The lowest BCUT2D eigenvalue weighted by Gasteiger charge is -2.29. The van der Waals surface area contributed by atoms with Crippen molar-refractivity contribution in [2.75, 3.05) is 6.61 Å². The molecular weight excluding hydrogens is 364 g/mol. The van der Waals surface area contributed by atoms with E-state index in [0.29, 0.717) is 12.3 Å². The van der Waals surface area contributed by atoms with Gasteiger partial charge >= 0.3 is 0 Å². The quantitative estimate of drug-likeness (QED) is 0.735. The van der Waals surface area contributed by atoms with Gasteiger partial charge in [-0.2, -0.15) is 0 Å².